The number of phenolic OH excluding ortho intramolecular Hbond substituents is 1. The minimum atomic E-state index is 0.0242. The van der Waals surface area contributed by atoms with Crippen molar-refractivity contribution in [3.8, 4) is 17.2 Å². The Morgan fingerprint density at radius 1 is 1.19 bits per heavy atom. The molecule has 2 N–H and O–H groups in total. The summed E-state index contributed by atoms with van der Waals surface area (Å²) in [6.45, 7) is 5.12. The van der Waals surface area contributed by atoms with E-state index >= 15 is 0 Å². The molecule has 1 aromatic carbocycles. The molecule has 2 fully saturated rings. The van der Waals surface area contributed by atoms with Gasteiger partial charge < -0.3 is 24.8 Å². The van der Waals surface area contributed by atoms with Gasteiger partial charge in [0.15, 0.2) is 17.5 Å². The van der Waals surface area contributed by atoms with E-state index in [1.807, 2.05) is 19.2 Å². The van der Waals surface area contributed by atoms with Crippen LogP contribution in [-0.4, -0.2) is 74.4 Å². The van der Waals surface area contributed by atoms with E-state index in [0.717, 1.165) is 24.6 Å². The molecule has 7 nitrogen and oxygen atoms in total. The van der Waals surface area contributed by atoms with Crippen molar-refractivity contribution in [2.45, 2.75) is 31.8 Å². The highest BCUT2D eigenvalue weighted by molar-refractivity contribution is 5.80. The van der Waals surface area contributed by atoms with Crippen LogP contribution in [0.3, 0.4) is 0 Å². The van der Waals surface area contributed by atoms with Crippen molar-refractivity contribution in [2.24, 2.45) is 4.99 Å². The van der Waals surface area contributed by atoms with Gasteiger partial charge in [-0.2, -0.15) is 0 Å². The van der Waals surface area contributed by atoms with Crippen LogP contribution < -0.4 is 14.8 Å². The normalized spacial score (nSPS) is 21.3. The summed E-state index contributed by atoms with van der Waals surface area (Å²) in [7, 11) is 4.89. The van der Waals surface area contributed by atoms with E-state index in [9.17, 15) is 5.11 Å². The largest absolute Gasteiger partial charge is 0.502 e. The fraction of sp³-hybridized carbons (Fsp3) is 0.632. The molecular weight excluding hydrogens is 332 g/mol. The third kappa shape index (κ3) is 3.98. The van der Waals surface area contributed by atoms with Gasteiger partial charge in [0.25, 0.3) is 0 Å². The third-order valence-electron chi connectivity index (χ3n) is 5.32. The van der Waals surface area contributed by atoms with Gasteiger partial charge in [-0.1, -0.05) is 0 Å². The summed E-state index contributed by atoms with van der Waals surface area (Å²) in [6.07, 6.45) is 3.85. The number of nitrogens with zero attached hydrogens (tertiary/aromatic N) is 3. The van der Waals surface area contributed by atoms with Gasteiger partial charge in [0, 0.05) is 32.7 Å². The van der Waals surface area contributed by atoms with Crippen molar-refractivity contribution in [1.29, 1.82) is 0 Å². The Bertz CT molecular complexity index is 619. The van der Waals surface area contributed by atoms with Crippen LogP contribution in [0.1, 0.15) is 24.8 Å². The molecule has 1 atom stereocenters. The van der Waals surface area contributed by atoms with Crippen molar-refractivity contribution in [3.63, 3.8) is 0 Å². The molecule has 2 saturated heterocycles. The lowest BCUT2D eigenvalue weighted by Gasteiger charge is -2.25. The fourth-order valence-corrected chi connectivity index (χ4v) is 3.90. The van der Waals surface area contributed by atoms with Crippen LogP contribution in [0.15, 0.2) is 17.1 Å². The minimum absolute atomic E-state index is 0.0242. The van der Waals surface area contributed by atoms with Gasteiger partial charge in [-0.3, -0.25) is 9.89 Å². The Balaban J connectivity index is 1.61. The number of benzene rings is 1. The van der Waals surface area contributed by atoms with Crippen LogP contribution in [-0.2, 0) is 6.54 Å². The number of hydrogen-bond donors (Lipinski definition) is 2. The summed E-state index contributed by atoms with van der Waals surface area (Å²) in [6, 6.07) is 4.27. The quantitative estimate of drug-likeness (QED) is 0.613. The molecule has 7 heteroatoms. The van der Waals surface area contributed by atoms with Crippen molar-refractivity contribution in [2.75, 3.05) is 47.4 Å². The maximum Gasteiger partial charge on any atom is 0.200 e. The zero-order valence-electron chi connectivity index (χ0n) is 16.0. The molecule has 2 heterocycles. The van der Waals surface area contributed by atoms with Crippen molar-refractivity contribution in [1.82, 2.24) is 15.1 Å². The van der Waals surface area contributed by atoms with E-state index in [4.69, 9.17) is 9.47 Å². The van der Waals surface area contributed by atoms with Gasteiger partial charge >= 0.3 is 0 Å². The molecule has 2 aliphatic rings. The highest BCUT2D eigenvalue weighted by atomic mass is 16.5. The minimum Gasteiger partial charge on any atom is -0.502 e. The van der Waals surface area contributed by atoms with Crippen LogP contribution in [0.25, 0.3) is 0 Å². The topological polar surface area (TPSA) is 69.6 Å². The first kappa shape index (κ1) is 18.6. The second-order valence-electron chi connectivity index (χ2n) is 6.88. The summed E-state index contributed by atoms with van der Waals surface area (Å²) in [5.74, 6) is 1.76. The highest BCUT2D eigenvalue weighted by Crippen LogP contribution is 2.37. The lowest BCUT2D eigenvalue weighted by atomic mass is 10.2. The molecule has 2 aliphatic heterocycles. The molecule has 0 aliphatic carbocycles. The Labute approximate surface area is 155 Å². The van der Waals surface area contributed by atoms with Crippen molar-refractivity contribution in [3.05, 3.63) is 17.7 Å². The molecule has 1 aromatic rings. The van der Waals surface area contributed by atoms with Crippen LogP contribution in [0, 0.1) is 0 Å². The first-order chi connectivity index (χ1) is 12.7. The lowest BCUT2D eigenvalue weighted by Crippen LogP contribution is -2.42. The summed E-state index contributed by atoms with van der Waals surface area (Å²) >= 11 is 0. The molecule has 26 heavy (non-hydrogen) atoms. The number of hydrogen-bond acceptors (Lipinski definition) is 5. The number of methoxy groups -OCH3 is 2. The molecule has 0 radical (unpaired) electrons. The van der Waals surface area contributed by atoms with E-state index in [2.05, 4.69) is 20.1 Å². The van der Waals surface area contributed by atoms with Crippen LogP contribution in [0.2, 0.25) is 0 Å². The number of aliphatic imine (C=N–C) groups is 1. The number of guanidine groups is 1. The first-order valence-corrected chi connectivity index (χ1v) is 9.29. The van der Waals surface area contributed by atoms with Gasteiger partial charge in [-0.15, -0.1) is 0 Å². The third-order valence-corrected chi connectivity index (χ3v) is 5.32. The van der Waals surface area contributed by atoms with E-state index < -0.39 is 0 Å². The number of aromatic hydroxyl groups is 1. The van der Waals surface area contributed by atoms with Crippen molar-refractivity contribution >= 4 is 5.96 Å². The van der Waals surface area contributed by atoms with Gasteiger partial charge in [0.05, 0.1) is 14.2 Å². The predicted molar refractivity (Wildman–Crippen MR) is 102 cm³/mol. The summed E-state index contributed by atoms with van der Waals surface area (Å²) in [5.41, 5.74) is 0.966. The second kappa shape index (κ2) is 8.49. The number of ether oxygens (including phenoxy) is 2. The number of rotatable bonds is 5. The van der Waals surface area contributed by atoms with Gasteiger partial charge in [-0.25, -0.2) is 0 Å². The standard InChI is InChI=1S/C19H30N4O3/c1-20-19(23-9-6-15(13-23)22-7-4-5-8-22)21-12-14-10-16(25-2)18(24)17(11-14)26-3/h10-11,15,24H,4-9,12-13H2,1-3H3,(H,20,21). The maximum absolute atomic E-state index is 10.0. The molecule has 0 bridgehead atoms. The van der Waals surface area contributed by atoms with E-state index in [1.165, 1.54) is 46.6 Å². The molecular formula is C19H30N4O3. The Kier molecular flexibility index (Phi) is 6.08. The molecule has 0 amide bonds. The summed E-state index contributed by atoms with van der Waals surface area (Å²) < 4.78 is 10.5. The smallest absolute Gasteiger partial charge is 0.200 e. The van der Waals surface area contributed by atoms with E-state index in [0.29, 0.717) is 24.1 Å². The average molecular weight is 362 g/mol. The zero-order chi connectivity index (χ0) is 18.5. The van der Waals surface area contributed by atoms with Crippen LogP contribution >= 0.6 is 0 Å². The van der Waals surface area contributed by atoms with Crippen LogP contribution in [0.5, 0.6) is 17.2 Å². The molecule has 0 saturated carbocycles. The first-order valence-electron chi connectivity index (χ1n) is 9.29. The SMILES string of the molecule is CN=C(NCc1cc(OC)c(O)c(OC)c1)N1CCC(N2CCCC2)C1. The monoisotopic (exact) mass is 362 g/mol. The van der Waals surface area contributed by atoms with Crippen LogP contribution in [0.4, 0.5) is 0 Å². The van der Waals surface area contributed by atoms with E-state index in [1.54, 1.807) is 0 Å². The van der Waals surface area contributed by atoms with Gasteiger partial charge in [-0.05, 0) is 50.0 Å². The Morgan fingerprint density at radius 3 is 2.42 bits per heavy atom. The predicted octanol–water partition coefficient (Wildman–Crippen LogP) is 1.65. The second-order valence-corrected chi connectivity index (χ2v) is 6.88. The molecule has 3 rings (SSSR count). The van der Waals surface area contributed by atoms with Gasteiger partial charge in [0.2, 0.25) is 5.75 Å². The average Bonchev–Trinajstić information content (AvgIpc) is 3.34. The van der Waals surface area contributed by atoms with E-state index in [-0.39, 0.29) is 5.75 Å². The fourth-order valence-electron chi connectivity index (χ4n) is 3.90. The molecule has 1 unspecified atom stereocenters. The number of phenols is 1. The zero-order valence-corrected chi connectivity index (χ0v) is 16.0. The molecule has 0 aromatic heterocycles. The molecule has 0 spiro atoms. The maximum atomic E-state index is 10.0. The van der Waals surface area contributed by atoms with Crippen molar-refractivity contribution < 1.29 is 14.6 Å². The Morgan fingerprint density at radius 2 is 1.85 bits per heavy atom. The highest BCUT2D eigenvalue weighted by Gasteiger charge is 2.30. The van der Waals surface area contributed by atoms with Gasteiger partial charge in [0.1, 0.15) is 0 Å². The summed E-state index contributed by atoms with van der Waals surface area (Å²) in [4.78, 5) is 9.40. The number of likely N-dealkylation sites (tertiary alicyclic amines) is 2. The Hall–Kier alpha value is -2.15. The lowest BCUT2D eigenvalue weighted by molar-refractivity contribution is 0.249. The number of nitrogens with one attached hydrogen (secondary N) is 1. The molecule has 144 valence electrons. The summed E-state index contributed by atoms with van der Waals surface area (Å²) in [5, 5.41) is 13.5.